The van der Waals surface area contributed by atoms with Gasteiger partial charge < -0.3 is 10.1 Å². The fraction of sp³-hybridized carbons (Fsp3) is 0.571. The van der Waals surface area contributed by atoms with E-state index in [1.165, 1.54) is 0 Å². The van der Waals surface area contributed by atoms with Crippen LogP contribution >= 0.6 is 0 Å². The normalized spacial score (nSPS) is 19.8. The Morgan fingerprint density at radius 1 is 1.60 bits per heavy atom. The van der Waals surface area contributed by atoms with Crippen molar-refractivity contribution in [3.63, 3.8) is 0 Å². The Hall–Kier alpha value is -1.82. The second-order valence-corrected chi connectivity index (χ2v) is 5.83. The molecule has 1 fully saturated rings. The van der Waals surface area contributed by atoms with E-state index < -0.39 is 5.60 Å². The number of carbonyl (C=O) groups is 1. The summed E-state index contributed by atoms with van der Waals surface area (Å²) in [7, 11) is 0. The molecule has 1 aliphatic heterocycles. The molecular formula is C14H22N4O2. The first-order valence-electron chi connectivity index (χ1n) is 6.77. The SMILES string of the molecule is C=Cn1cc(C2CNCCN2C(=O)OC(C)(C)C)cn1. The molecule has 2 heterocycles. The van der Waals surface area contributed by atoms with Crippen molar-refractivity contribution >= 4 is 12.3 Å². The van der Waals surface area contributed by atoms with Crippen molar-refractivity contribution in [2.75, 3.05) is 19.6 Å². The van der Waals surface area contributed by atoms with Crippen molar-refractivity contribution in [2.45, 2.75) is 32.4 Å². The molecule has 0 radical (unpaired) electrons. The van der Waals surface area contributed by atoms with Gasteiger partial charge in [-0.05, 0) is 20.8 Å². The number of hydrogen-bond donors (Lipinski definition) is 1. The van der Waals surface area contributed by atoms with Crippen molar-refractivity contribution in [3.8, 4) is 0 Å². The third kappa shape index (κ3) is 3.39. The maximum absolute atomic E-state index is 12.3. The number of nitrogens with zero attached hydrogens (tertiary/aromatic N) is 3. The minimum absolute atomic E-state index is 0.0627. The molecule has 1 atom stereocenters. The summed E-state index contributed by atoms with van der Waals surface area (Å²) in [5, 5.41) is 7.47. The molecule has 6 heteroatoms. The van der Waals surface area contributed by atoms with Gasteiger partial charge in [0.1, 0.15) is 5.60 Å². The highest BCUT2D eigenvalue weighted by Crippen LogP contribution is 2.24. The minimum Gasteiger partial charge on any atom is -0.444 e. The van der Waals surface area contributed by atoms with Crippen LogP contribution in [0.25, 0.3) is 6.20 Å². The van der Waals surface area contributed by atoms with Gasteiger partial charge in [-0.25, -0.2) is 9.48 Å². The Balaban J connectivity index is 2.16. The lowest BCUT2D eigenvalue weighted by Crippen LogP contribution is -2.50. The smallest absolute Gasteiger partial charge is 0.410 e. The van der Waals surface area contributed by atoms with E-state index in [0.717, 1.165) is 12.1 Å². The van der Waals surface area contributed by atoms with Crippen LogP contribution in [0.4, 0.5) is 4.79 Å². The van der Waals surface area contributed by atoms with Crippen molar-refractivity contribution in [1.29, 1.82) is 0 Å². The van der Waals surface area contributed by atoms with Crippen LogP contribution in [-0.2, 0) is 4.74 Å². The molecule has 1 aliphatic rings. The van der Waals surface area contributed by atoms with E-state index in [2.05, 4.69) is 17.0 Å². The van der Waals surface area contributed by atoms with E-state index in [4.69, 9.17) is 4.74 Å². The molecule has 0 spiro atoms. The van der Waals surface area contributed by atoms with Crippen molar-refractivity contribution in [1.82, 2.24) is 20.0 Å². The second kappa shape index (κ2) is 5.66. The average molecular weight is 278 g/mol. The lowest BCUT2D eigenvalue weighted by Gasteiger charge is -2.36. The molecule has 1 N–H and O–H groups in total. The predicted molar refractivity (Wildman–Crippen MR) is 77.2 cm³/mol. The van der Waals surface area contributed by atoms with Gasteiger partial charge in [-0.2, -0.15) is 5.10 Å². The number of hydrogen-bond acceptors (Lipinski definition) is 4. The highest BCUT2D eigenvalue weighted by molar-refractivity contribution is 5.69. The zero-order chi connectivity index (χ0) is 14.8. The van der Waals surface area contributed by atoms with Crippen LogP contribution in [0, 0.1) is 0 Å². The molecule has 6 nitrogen and oxygen atoms in total. The first-order valence-corrected chi connectivity index (χ1v) is 6.77. The number of carbonyl (C=O) groups excluding carboxylic acids is 1. The Bertz CT molecular complexity index is 490. The second-order valence-electron chi connectivity index (χ2n) is 5.83. The lowest BCUT2D eigenvalue weighted by atomic mass is 10.1. The van der Waals surface area contributed by atoms with E-state index in [0.29, 0.717) is 13.1 Å². The van der Waals surface area contributed by atoms with Crippen LogP contribution in [0.3, 0.4) is 0 Å². The van der Waals surface area contributed by atoms with Gasteiger partial charge in [0.25, 0.3) is 0 Å². The molecule has 1 unspecified atom stereocenters. The number of piperazine rings is 1. The highest BCUT2D eigenvalue weighted by atomic mass is 16.6. The fourth-order valence-electron chi connectivity index (χ4n) is 2.17. The van der Waals surface area contributed by atoms with Crippen LogP contribution in [0.5, 0.6) is 0 Å². The van der Waals surface area contributed by atoms with Gasteiger partial charge >= 0.3 is 6.09 Å². The van der Waals surface area contributed by atoms with E-state index in [1.807, 2.05) is 27.0 Å². The molecule has 110 valence electrons. The van der Waals surface area contributed by atoms with E-state index in [9.17, 15) is 4.79 Å². The average Bonchev–Trinajstić information content (AvgIpc) is 2.85. The summed E-state index contributed by atoms with van der Waals surface area (Å²) in [6, 6.07) is -0.0627. The molecule has 0 saturated carbocycles. The molecule has 20 heavy (non-hydrogen) atoms. The Labute approximate surface area is 119 Å². The zero-order valence-electron chi connectivity index (χ0n) is 12.3. The molecule has 1 amide bonds. The molecule has 2 rings (SSSR count). The maximum Gasteiger partial charge on any atom is 0.410 e. The molecular weight excluding hydrogens is 256 g/mol. The van der Waals surface area contributed by atoms with Gasteiger partial charge in [0.15, 0.2) is 0 Å². The number of aromatic nitrogens is 2. The first-order chi connectivity index (χ1) is 9.40. The number of rotatable bonds is 2. The fourth-order valence-corrected chi connectivity index (χ4v) is 2.17. The summed E-state index contributed by atoms with van der Waals surface area (Å²) < 4.78 is 7.11. The summed E-state index contributed by atoms with van der Waals surface area (Å²) in [6.07, 6.45) is 4.98. The van der Waals surface area contributed by atoms with Crippen LogP contribution in [0.15, 0.2) is 19.0 Å². The van der Waals surface area contributed by atoms with Crippen molar-refractivity contribution < 1.29 is 9.53 Å². The highest BCUT2D eigenvalue weighted by Gasteiger charge is 2.31. The molecule has 0 bridgehead atoms. The Kier molecular flexibility index (Phi) is 4.13. The lowest BCUT2D eigenvalue weighted by molar-refractivity contribution is 0.0118. The van der Waals surface area contributed by atoms with Crippen LogP contribution in [0.2, 0.25) is 0 Å². The Morgan fingerprint density at radius 3 is 2.95 bits per heavy atom. The molecule has 1 aromatic heterocycles. The third-order valence-corrected chi connectivity index (χ3v) is 3.06. The largest absolute Gasteiger partial charge is 0.444 e. The van der Waals surface area contributed by atoms with Crippen LogP contribution in [-0.4, -0.2) is 46.0 Å². The standard InChI is InChI=1S/C14H22N4O2/c1-5-17-10-11(8-16-17)12-9-15-6-7-18(12)13(19)20-14(2,3)4/h5,8,10,12,15H,1,6-7,9H2,2-4H3. The van der Waals surface area contributed by atoms with Gasteiger partial charge in [0.05, 0.1) is 12.2 Å². The van der Waals surface area contributed by atoms with Crippen molar-refractivity contribution in [3.05, 3.63) is 24.5 Å². The minimum atomic E-state index is -0.488. The Morgan fingerprint density at radius 2 is 2.35 bits per heavy atom. The summed E-state index contributed by atoms with van der Waals surface area (Å²) in [5.41, 5.74) is 0.487. The number of ether oxygens (including phenoxy) is 1. The van der Waals surface area contributed by atoms with Gasteiger partial charge in [0, 0.05) is 37.6 Å². The molecule has 0 aromatic carbocycles. The van der Waals surface area contributed by atoms with Crippen LogP contribution < -0.4 is 5.32 Å². The van der Waals surface area contributed by atoms with Crippen LogP contribution in [0.1, 0.15) is 32.4 Å². The van der Waals surface area contributed by atoms with Gasteiger partial charge in [-0.15, -0.1) is 0 Å². The number of amides is 1. The zero-order valence-corrected chi connectivity index (χ0v) is 12.3. The van der Waals surface area contributed by atoms with E-state index in [-0.39, 0.29) is 12.1 Å². The topological polar surface area (TPSA) is 59.4 Å². The summed E-state index contributed by atoms with van der Waals surface area (Å²) in [5.74, 6) is 0. The van der Waals surface area contributed by atoms with Gasteiger partial charge in [0.2, 0.25) is 0 Å². The summed E-state index contributed by atoms with van der Waals surface area (Å²) in [4.78, 5) is 14.1. The maximum atomic E-state index is 12.3. The van der Waals surface area contributed by atoms with Gasteiger partial charge in [-0.3, -0.25) is 4.90 Å². The number of nitrogens with one attached hydrogen (secondary N) is 1. The van der Waals surface area contributed by atoms with E-state index >= 15 is 0 Å². The molecule has 0 aliphatic carbocycles. The summed E-state index contributed by atoms with van der Waals surface area (Å²) in [6.45, 7) is 11.4. The van der Waals surface area contributed by atoms with Gasteiger partial charge in [-0.1, -0.05) is 6.58 Å². The molecule has 1 aromatic rings. The third-order valence-electron chi connectivity index (χ3n) is 3.06. The van der Waals surface area contributed by atoms with E-state index in [1.54, 1.807) is 22.0 Å². The molecule has 1 saturated heterocycles. The monoisotopic (exact) mass is 278 g/mol. The summed E-state index contributed by atoms with van der Waals surface area (Å²) >= 11 is 0. The predicted octanol–water partition coefficient (Wildman–Crippen LogP) is 1.86. The van der Waals surface area contributed by atoms with Crippen molar-refractivity contribution in [2.24, 2.45) is 0 Å². The quantitative estimate of drug-likeness (QED) is 0.897. The first kappa shape index (κ1) is 14.6.